The van der Waals surface area contributed by atoms with Gasteiger partial charge in [0.25, 0.3) is 0 Å². The third kappa shape index (κ3) is 8.38. The smallest absolute Gasteiger partial charge is 0.0149 e. The Kier molecular flexibility index (Phi) is 12.0. The van der Waals surface area contributed by atoms with E-state index >= 15 is 0 Å². The van der Waals surface area contributed by atoms with Gasteiger partial charge in [0.1, 0.15) is 0 Å². The minimum absolute atomic E-state index is 0.742. The van der Waals surface area contributed by atoms with Crippen LogP contribution >= 0.6 is 0 Å². The van der Waals surface area contributed by atoms with Gasteiger partial charge in [-0.1, -0.05) is 140 Å². The number of rotatable bonds is 16. The highest BCUT2D eigenvalue weighted by atomic mass is 14.2. The van der Waals surface area contributed by atoms with E-state index in [0.29, 0.717) is 0 Å². The third-order valence-electron chi connectivity index (χ3n) is 6.33. The molecule has 0 saturated carbocycles. The Bertz CT molecular complexity index is 621. The van der Waals surface area contributed by atoms with Crippen LogP contribution in [0.15, 0.2) is 42.5 Å². The molecule has 2 aromatic carbocycles. The van der Waals surface area contributed by atoms with Gasteiger partial charge in [-0.25, -0.2) is 0 Å². The summed E-state index contributed by atoms with van der Waals surface area (Å²) in [5.41, 5.74) is 1.60. The first-order valence-electron chi connectivity index (χ1n) is 12.3. The standard InChI is InChI=1S/C28H44/c1-3-5-7-8-9-10-11-12-13-15-20-25(19-14-6-4-2)28-24-18-22-26-21-16-17-23-27(26)28/h16-18,21-25H,3-15,19-20H2,1-2H3. The summed E-state index contributed by atoms with van der Waals surface area (Å²) in [6.45, 7) is 4.61. The summed E-state index contributed by atoms with van der Waals surface area (Å²) in [5, 5.41) is 2.89. The van der Waals surface area contributed by atoms with Gasteiger partial charge in [0.2, 0.25) is 0 Å². The molecule has 0 aromatic heterocycles. The van der Waals surface area contributed by atoms with Crippen molar-refractivity contribution >= 4 is 10.8 Å². The van der Waals surface area contributed by atoms with Crippen molar-refractivity contribution in [3.05, 3.63) is 48.0 Å². The summed E-state index contributed by atoms with van der Waals surface area (Å²) in [4.78, 5) is 0. The Balaban J connectivity index is 1.78. The van der Waals surface area contributed by atoms with E-state index in [0.717, 1.165) is 5.92 Å². The van der Waals surface area contributed by atoms with Crippen LogP contribution in [0.3, 0.4) is 0 Å². The van der Waals surface area contributed by atoms with Crippen LogP contribution in [0, 0.1) is 0 Å². The monoisotopic (exact) mass is 380 g/mol. The summed E-state index contributed by atoms with van der Waals surface area (Å²) >= 11 is 0. The van der Waals surface area contributed by atoms with Gasteiger partial charge >= 0.3 is 0 Å². The molecule has 0 N–H and O–H groups in total. The van der Waals surface area contributed by atoms with E-state index in [1.807, 2.05) is 0 Å². The molecule has 0 heterocycles. The van der Waals surface area contributed by atoms with Crippen molar-refractivity contribution in [2.24, 2.45) is 0 Å². The summed E-state index contributed by atoms with van der Waals surface area (Å²) in [6, 6.07) is 15.9. The Morgan fingerprint density at radius 3 is 1.71 bits per heavy atom. The molecule has 0 heteroatoms. The number of fused-ring (bicyclic) bond motifs is 1. The van der Waals surface area contributed by atoms with Crippen LogP contribution in [0.1, 0.15) is 122 Å². The molecule has 156 valence electrons. The molecule has 0 fully saturated rings. The molecule has 0 saturated heterocycles. The lowest BCUT2D eigenvalue weighted by Gasteiger charge is -2.19. The molecular weight excluding hydrogens is 336 g/mol. The minimum atomic E-state index is 0.742. The van der Waals surface area contributed by atoms with Crippen LogP contribution in [-0.2, 0) is 0 Å². The van der Waals surface area contributed by atoms with Crippen molar-refractivity contribution < 1.29 is 0 Å². The van der Waals surface area contributed by atoms with Crippen LogP contribution in [0.5, 0.6) is 0 Å². The molecule has 28 heavy (non-hydrogen) atoms. The predicted octanol–water partition coefficient (Wildman–Crippen LogP) is 9.81. The molecule has 2 rings (SSSR count). The second-order valence-corrected chi connectivity index (χ2v) is 8.73. The predicted molar refractivity (Wildman–Crippen MR) is 127 cm³/mol. The highest BCUT2D eigenvalue weighted by molar-refractivity contribution is 5.86. The van der Waals surface area contributed by atoms with Gasteiger partial charge in [-0.05, 0) is 35.1 Å². The lowest BCUT2D eigenvalue weighted by molar-refractivity contribution is 0.493. The average Bonchev–Trinajstić information content (AvgIpc) is 2.73. The van der Waals surface area contributed by atoms with Gasteiger partial charge in [0, 0.05) is 0 Å². The van der Waals surface area contributed by atoms with Crippen LogP contribution in [0.4, 0.5) is 0 Å². The second kappa shape index (κ2) is 14.7. The number of hydrogen-bond acceptors (Lipinski definition) is 0. The maximum absolute atomic E-state index is 2.40. The van der Waals surface area contributed by atoms with E-state index in [9.17, 15) is 0 Å². The second-order valence-electron chi connectivity index (χ2n) is 8.73. The molecule has 0 aliphatic rings. The zero-order chi connectivity index (χ0) is 19.9. The minimum Gasteiger partial charge on any atom is -0.0654 e. The normalized spacial score (nSPS) is 12.5. The molecule has 1 atom stereocenters. The van der Waals surface area contributed by atoms with Crippen molar-refractivity contribution in [2.45, 2.75) is 116 Å². The third-order valence-corrected chi connectivity index (χ3v) is 6.33. The SMILES string of the molecule is CCCCCCCCCCCCC(CCCCC)c1cccc2ccccc12. The zero-order valence-corrected chi connectivity index (χ0v) is 18.7. The Labute approximate surface area is 175 Å². The quantitative estimate of drug-likeness (QED) is 0.254. The van der Waals surface area contributed by atoms with Crippen molar-refractivity contribution in [3.8, 4) is 0 Å². The van der Waals surface area contributed by atoms with Gasteiger partial charge < -0.3 is 0 Å². The van der Waals surface area contributed by atoms with Crippen molar-refractivity contribution in [1.82, 2.24) is 0 Å². The van der Waals surface area contributed by atoms with Crippen molar-refractivity contribution in [2.75, 3.05) is 0 Å². The summed E-state index contributed by atoms with van der Waals surface area (Å²) < 4.78 is 0. The van der Waals surface area contributed by atoms with Crippen molar-refractivity contribution in [1.29, 1.82) is 0 Å². The number of unbranched alkanes of at least 4 members (excludes halogenated alkanes) is 11. The van der Waals surface area contributed by atoms with E-state index in [2.05, 4.69) is 56.3 Å². The van der Waals surface area contributed by atoms with E-state index in [1.165, 1.54) is 107 Å². The van der Waals surface area contributed by atoms with E-state index in [-0.39, 0.29) is 0 Å². The van der Waals surface area contributed by atoms with Gasteiger partial charge in [-0.3, -0.25) is 0 Å². The van der Waals surface area contributed by atoms with Crippen molar-refractivity contribution in [3.63, 3.8) is 0 Å². The highest BCUT2D eigenvalue weighted by Crippen LogP contribution is 2.33. The molecule has 0 aliphatic carbocycles. The van der Waals surface area contributed by atoms with Gasteiger partial charge in [-0.15, -0.1) is 0 Å². The lowest BCUT2D eigenvalue weighted by atomic mass is 9.85. The molecule has 0 bridgehead atoms. The fourth-order valence-electron chi connectivity index (χ4n) is 4.58. The molecule has 0 spiro atoms. The molecule has 2 aromatic rings. The summed E-state index contributed by atoms with van der Waals surface area (Å²) in [7, 11) is 0. The highest BCUT2D eigenvalue weighted by Gasteiger charge is 2.14. The van der Waals surface area contributed by atoms with Crippen LogP contribution in [-0.4, -0.2) is 0 Å². The molecule has 0 radical (unpaired) electrons. The van der Waals surface area contributed by atoms with Crippen LogP contribution < -0.4 is 0 Å². The van der Waals surface area contributed by atoms with Gasteiger partial charge in [0.15, 0.2) is 0 Å². The largest absolute Gasteiger partial charge is 0.0654 e. The lowest BCUT2D eigenvalue weighted by Crippen LogP contribution is -2.01. The maximum Gasteiger partial charge on any atom is -0.0149 e. The fraction of sp³-hybridized carbons (Fsp3) is 0.643. The Morgan fingerprint density at radius 2 is 1.04 bits per heavy atom. The van der Waals surface area contributed by atoms with E-state index in [1.54, 1.807) is 5.56 Å². The zero-order valence-electron chi connectivity index (χ0n) is 18.7. The summed E-state index contributed by atoms with van der Waals surface area (Å²) in [5.74, 6) is 0.742. The summed E-state index contributed by atoms with van der Waals surface area (Å²) in [6.07, 6.45) is 21.1. The number of hydrogen-bond donors (Lipinski definition) is 0. The first-order chi connectivity index (χ1) is 13.9. The van der Waals surface area contributed by atoms with E-state index in [4.69, 9.17) is 0 Å². The van der Waals surface area contributed by atoms with E-state index < -0.39 is 0 Å². The Hall–Kier alpha value is -1.30. The Morgan fingerprint density at radius 1 is 0.536 bits per heavy atom. The first kappa shape index (κ1) is 23.0. The van der Waals surface area contributed by atoms with Crippen LogP contribution in [0.2, 0.25) is 0 Å². The van der Waals surface area contributed by atoms with Crippen LogP contribution in [0.25, 0.3) is 10.8 Å². The molecule has 0 nitrogen and oxygen atoms in total. The topological polar surface area (TPSA) is 0 Å². The molecule has 0 amide bonds. The number of benzene rings is 2. The van der Waals surface area contributed by atoms with Gasteiger partial charge in [-0.2, -0.15) is 0 Å². The fourth-order valence-corrected chi connectivity index (χ4v) is 4.58. The average molecular weight is 381 g/mol. The van der Waals surface area contributed by atoms with Gasteiger partial charge in [0.05, 0.1) is 0 Å². The maximum atomic E-state index is 2.40. The molecule has 0 aliphatic heterocycles. The molecule has 1 unspecified atom stereocenters. The molecular formula is C28H44. The first-order valence-corrected chi connectivity index (χ1v) is 12.3.